The number of nitrogens with zero attached hydrogens (tertiary/aromatic N) is 3. The van der Waals surface area contributed by atoms with Gasteiger partial charge in [-0.1, -0.05) is 30.3 Å². The van der Waals surface area contributed by atoms with Crippen LogP contribution in [0.25, 0.3) is 16.6 Å². The minimum atomic E-state index is -0.847. The summed E-state index contributed by atoms with van der Waals surface area (Å²) in [4.78, 5) is 13.1. The predicted molar refractivity (Wildman–Crippen MR) is 89.8 cm³/mol. The molecule has 1 aromatic heterocycles. The standard InChI is InChI=1S/C18H19N3O2/c1-20(2)11-13-6-8-16(9-7-13)21-12-15-5-3-4-14(10-17(22)23)18(15)19-21/h3-9,12H,10-11H2,1-2H3,(H,22,23). The molecule has 0 atom stereocenters. The van der Waals surface area contributed by atoms with E-state index in [-0.39, 0.29) is 6.42 Å². The summed E-state index contributed by atoms with van der Waals surface area (Å²) in [5.74, 6) is -0.847. The van der Waals surface area contributed by atoms with Gasteiger partial charge in [0.25, 0.3) is 0 Å². The Bertz CT molecular complexity index is 835. The predicted octanol–water partition coefficient (Wildman–Crippen LogP) is 2.71. The van der Waals surface area contributed by atoms with E-state index in [0.29, 0.717) is 0 Å². The summed E-state index contributed by atoms with van der Waals surface area (Å²) < 4.78 is 1.80. The van der Waals surface area contributed by atoms with Gasteiger partial charge in [0.15, 0.2) is 0 Å². The van der Waals surface area contributed by atoms with E-state index >= 15 is 0 Å². The Morgan fingerprint density at radius 3 is 2.57 bits per heavy atom. The zero-order valence-corrected chi connectivity index (χ0v) is 13.2. The lowest BCUT2D eigenvalue weighted by Gasteiger charge is -2.10. The molecular formula is C18H19N3O2. The van der Waals surface area contributed by atoms with Gasteiger partial charge in [-0.05, 0) is 37.4 Å². The Balaban J connectivity index is 1.95. The summed E-state index contributed by atoms with van der Waals surface area (Å²) in [6.45, 7) is 0.893. The van der Waals surface area contributed by atoms with Crippen LogP contribution in [-0.4, -0.2) is 39.9 Å². The van der Waals surface area contributed by atoms with Gasteiger partial charge >= 0.3 is 5.97 Å². The van der Waals surface area contributed by atoms with Crippen molar-refractivity contribution in [2.24, 2.45) is 0 Å². The second kappa shape index (κ2) is 6.22. The summed E-state index contributed by atoms with van der Waals surface area (Å²) in [5.41, 5.74) is 3.68. The molecule has 3 rings (SSSR count). The summed E-state index contributed by atoms with van der Waals surface area (Å²) in [6.07, 6.45) is 1.91. The van der Waals surface area contributed by atoms with Gasteiger partial charge in [0, 0.05) is 18.1 Å². The Morgan fingerprint density at radius 2 is 1.91 bits per heavy atom. The zero-order chi connectivity index (χ0) is 16.4. The van der Waals surface area contributed by atoms with Crippen LogP contribution in [0.3, 0.4) is 0 Å². The number of hydrogen-bond acceptors (Lipinski definition) is 3. The van der Waals surface area contributed by atoms with Crippen molar-refractivity contribution in [2.75, 3.05) is 14.1 Å². The second-order valence-corrected chi connectivity index (χ2v) is 5.90. The number of aromatic nitrogens is 2. The van der Waals surface area contributed by atoms with Crippen molar-refractivity contribution in [2.45, 2.75) is 13.0 Å². The molecule has 1 heterocycles. The molecule has 0 unspecified atom stereocenters. The van der Waals surface area contributed by atoms with Crippen LogP contribution in [0.5, 0.6) is 0 Å². The summed E-state index contributed by atoms with van der Waals surface area (Å²) >= 11 is 0. The second-order valence-electron chi connectivity index (χ2n) is 5.90. The van der Waals surface area contributed by atoms with Crippen molar-refractivity contribution < 1.29 is 9.90 Å². The van der Waals surface area contributed by atoms with Crippen LogP contribution in [0.2, 0.25) is 0 Å². The van der Waals surface area contributed by atoms with Gasteiger partial charge in [-0.2, -0.15) is 5.10 Å². The van der Waals surface area contributed by atoms with Crippen molar-refractivity contribution in [1.29, 1.82) is 0 Å². The number of rotatable bonds is 5. The lowest BCUT2D eigenvalue weighted by Crippen LogP contribution is -2.10. The average molecular weight is 309 g/mol. The number of hydrogen-bond donors (Lipinski definition) is 1. The van der Waals surface area contributed by atoms with Gasteiger partial charge in [-0.3, -0.25) is 4.79 Å². The van der Waals surface area contributed by atoms with Gasteiger partial charge < -0.3 is 10.0 Å². The average Bonchev–Trinajstić information content (AvgIpc) is 2.92. The van der Waals surface area contributed by atoms with E-state index in [9.17, 15) is 4.79 Å². The molecule has 3 aromatic rings. The maximum Gasteiger partial charge on any atom is 0.307 e. The monoisotopic (exact) mass is 309 g/mol. The maximum absolute atomic E-state index is 11.0. The smallest absolute Gasteiger partial charge is 0.307 e. The van der Waals surface area contributed by atoms with Crippen LogP contribution in [0.4, 0.5) is 0 Å². The van der Waals surface area contributed by atoms with Crippen LogP contribution in [0.1, 0.15) is 11.1 Å². The van der Waals surface area contributed by atoms with E-state index in [1.54, 1.807) is 4.68 Å². The number of carboxylic acid groups (broad SMARTS) is 1. The molecular weight excluding hydrogens is 290 g/mol. The lowest BCUT2D eigenvalue weighted by atomic mass is 10.1. The highest BCUT2D eigenvalue weighted by Crippen LogP contribution is 2.20. The molecule has 0 radical (unpaired) electrons. The first-order valence-corrected chi connectivity index (χ1v) is 7.46. The first-order chi connectivity index (χ1) is 11.0. The highest BCUT2D eigenvalue weighted by atomic mass is 16.4. The topological polar surface area (TPSA) is 58.4 Å². The van der Waals surface area contributed by atoms with Crippen molar-refractivity contribution in [3.8, 4) is 5.69 Å². The molecule has 2 aromatic carbocycles. The normalized spacial score (nSPS) is 11.3. The quantitative estimate of drug-likeness (QED) is 0.787. The van der Waals surface area contributed by atoms with Crippen LogP contribution >= 0.6 is 0 Å². The minimum Gasteiger partial charge on any atom is -0.481 e. The van der Waals surface area contributed by atoms with Gasteiger partial charge in [0.2, 0.25) is 0 Å². The third kappa shape index (κ3) is 3.40. The fourth-order valence-electron chi connectivity index (χ4n) is 2.66. The van der Waals surface area contributed by atoms with Gasteiger partial charge in [0.05, 0.1) is 17.6 Å². The molecule has 1 N–H and O–H groups in total. The molecule has 118 valence electrons. The zero-order valence-electron chi connectivity index (χ0n) is 13.2. The maximum atomic E-state index is 11.0. The van der Waals surface area contributed by atoms with Crippen LogP contribution < -0.4 is 0 Å². The van der Waals surface area contributed by atoms with Crippen molar-refractivity contribution >= 4 is 16.9 Å². The fourth-order valence-corrected chi connectivity index (χ4v) is 2.66. The van der Waals surface area contributed by atoms with Gasteiger partial charge in [-0.25, -0.2) is 4.68 Å². The molecule has 23 heavy (non-hydrogen) atoms. The first-order valence-electron chi connectivity index (χ1n) is 7.46. The van der Waals surface area contributed by atoms with Crippen molar-refractivity contribution in [1.82, 2.24) is 14.7 Å². The van der Waals surface area contributed by atoms with Crippen molar-refractivity contribution in [3.05, 3.63) is 59.8 Å². The van der Waals surface area contributed by atoms with Gasteiger partial charge in [0.1, 0.15) is 0 Å². The number of benzene rings is 2. The Morgan fingerprint density at radius 1 is 1.17 bits per heavy atom. The largest absolute Gasteiger partial charge is 0.481 e. The van der Waals surface area contributed by atoms with Gasteiger partial charge in [-0.15, -0.1) is 0 Å². The van der Waals surface area contributed by atoms with Crippen molar-refractivity contribution in [3.63, 3.8) is 0 Å². The number of aliphatic carboxylic acids is 1. The molecule has 0 saturated heterocycles. The van der Waals surface area contributed by atoms with E-state index in [4.69, 9.17) is 5.11 Å². The molecule has 0 bridgehead atoms. The molecule has 0 amide bonds. The van der Waals surface area contributed by atoms with Crippen LogP contribution in [0.15, 0.2) is 48.7 Å². The van der Waals surface area contributed by atoms with Crippen LogP contribution in [-0.2, 0) is 17.8 Å². The molecule has 0 fully saturated rings. The molecule has 5 heteroatoms. The third-order valence-corrected chi connectivity index (χ3v) is 3.66. The Labute approximate surface area is 134 Å². The molecule has 5 nitrogen and oxygen atoms in total. The molecule has 0 aliphatic rings. The summed E-state index contributed by atoms with van der Waals surface area (Å²) in [7, 11) is 4.08. The highest BCUT2D eigenvalue weighted by Gasteiger charge is 2.10. The summed E-state index contributed by atoms with van der Waals surface area (Å²) in [6, 6.07) is 13.9. The van der Waals surface area contributed by atoms with E-state index in [1.165, 1.54) is 5.56 Å². The third-order valence-electron chi connectivity index (χ3n) is 3.66. The lowest BCUT2D eigenvalue weighted by molar-refractivity contribution is -0.136. The summed E-state index contributed by atoms with van der Waals surface area (Å²) in [5, 5.41) is 14.5. The minimum absolute atomic E-state index is 0.0177. The fraction of sp³-hybridized carbons (Fsp3) is 0.222. The van der Waals surface area contributed by atoms with E-state index in [1.807, 2.05) is 50.6 Å². The Kier molecular flexibility index (Phi) is 4.12. The van der Waals surface area contributed by atoms with Crippen LogP contribution in [0, 0.1) is 0 Å². The number of carbonyl (C=O) groups is 1. The highest BCUT2D eigenvalue weighted by molar-refractivity contribution is 5.85. The molecule has 0 aliphatic carbocycles. The Hall–Kier alpha value is -2.66. The van der Waals surface area contributed by atoms with E-state index < -0.39 is 5.97 Å². The number of carboxylic acids is 1. The first kappa shape index (κ1) is 15.2. The molecule has 0 spiro atoms. The SMILES string of the molecule is CN(C)Cc1ccc(-n2cc3cccc(CC(=O)O)c3n2)cc1. The molecule has 0 saturated carbocycles. The number of fused-ring (bicyclic) bond motifs is 1. The van der Waals surface area contributed by atoms with E-state index in [2.05, 4.69) is 22.1 Å². The molecule has 0 aliphatic heterocycles. The van der Waals surface area contributed by atoms with E-state index in [0.717, 1.165) is 28.7 Å².